The lowest BCUT2D eigenvalue weighted by Gasteiger charge is -2.20. The minimum absolute atomic E-state index is 0.428. The number of benzene rings is 2. The zero-order valence-electron chi connectivity index (χ0n) is 11.8. The van der Waals surface area contributed by atoms with Crippen LogP contribution in [0, 0.1) is 0 Å². The minimum atomic E-state index is 0.428. The molecule has 3 heteroatoms. The minimum Gasteiger partial charge on any atom is -0.382 e. The van der Waals surface area contributed by atoms with Crippen molar-refractivity contribution in [2.24, 2.45) is 5.10 Å². The van der Waals surface area contributed by atoms with Gasteiger partial charge in [-0.1, -0.05) is 36.4 Å². The second-order valence-electron chi connectivity index (χ2n) is 5.27. The molecule has 1 aliphatic rings. The Morgan fingerprint density at radius 3 is 2.95 bits per heavy atom. The first kappa shape index (κ1) is 13.1. The highest BCUT2D eigenvalue weighted by atomic mass is 16.5. The smallest absolute Gasteiger partial charge is 0.0704 e. The lowest BCUT2D eigenvalue weighted by molar-refractivity contribution is 0.118. The van der Waals surface area contributed by atoms with E-state index in [-0.39, 0.29) is 0 Å². The van der Waals surface area contributed by atoms with Crippen LogP contribution in [-0.2, 0) is 4.74 Å². The number of rotatable bonds is 4. The standard InChI is InChI=1S/C17H20N2O/c1-20-13-17-7-4-10-19(17)18-12-14-8-9-15-5-2-3-6-16(15)11-14/h2-3,5-6,8-9,11-12,17H,4,7,10,13H2,1H3/b18-12+/t17-/m0/s1. The van der Waals surface area contributed by atoms with E-state index < -0.39 is 0 Å². The highest BCUT2D eigenvalue weighted by molar-refractivity contribution is 5.90. The molecule has 0 radical (unpaired) electrons. The van der Waals surface area contributed by atoms with Crippen LogP contribution >= 0.6 is 0 Å². The fraction of sp³-hybridized carbons (Fsp3) is 0.353. The molecule has 1 atom stereocenters. The van der Waals surface area contributed by atoms with Crippen molar-refractivity contribution in [2.75, 3.05) is 20.3 Å². The van der Waals surface area contributed by atoms with Gasteiger partial charge in [0.15, 0.2) is 0 Å². The lowest BCUT2D eigenvalue weighted by Crippen LogP contribution is -2.28. The Kier molecular flexibility index (Phi) is 3.97. The number of fused-ring (bicyclic) bond motifs is 1. The summed E-state index contributed by atoms with van der Waals surface area (Å²) in [5.74, 6) is 0. The van der Waals surface area contributed by atoms with Crippen LogP contribution < -0.4 is 0 Å². The summed E-state index contributed by atoms with van der Waals surface area (Å²) in [4.78, 5) is 0. The maximum absolute atomic E-state index is 5.25. The number of hydrogen-bond acceptors (Lipinski definition) is 3. The summed E-state index contributed by atoms with van der Waals surface area (Å²) in [6.45, 7) is 1.78. The molecule has 0 spiro atoms. The van der Waals surface area contributed by atoms with Gasteiger partial charge in [-0.25, -0.2) is 0 Å². The second kappa shape index (κ2) is 6.06. The van der Waals surface area contributed by atoms with Gasteiger partial charge in [0.1, 0.15) is 0 Å². The summed E-state index contributed by atoms with van der Waals surface area (Å²) < 4.78 is 5.25. The fourth-order valence-corrected chi connectivity index (χ4v) is 2.76. The van der Waals surface area contributed by atoms with E-state index in [0.717, 1.165) is 18.7 Å². The van der Waals surface area contributed by atoms with E-state index in [4.69, 9.17) is 4.74 Å². The molecule has 2 aromatic rings. The van der Waals surface area contributed by atoms with Crippen molar-refractivity contribution in [3.8, 4) is 0 Å². The second-order valence-corrected chi connectivity index (χ2v) is 5.27. The third-order valence-corrected chi connectivity index (χ3v) is 3.83. The molecule has 20 heavy (non-hydrogen) atoms. The summed E-state index contributed by atoms with van der Waals surface area (Å²) in [5, 5.41) is 9.30. The summed E-state index contributed by atoms with van der Waals surface area (Å²) >= 11 is 0. The zero-order valence-corrected chi connectivity index (χ0v) is 11.8. The molecule has 1 saturated heterocycles. The van der Waals surface area contributed by atoms with E-state index in [1.54, 1.807) is 7.11 Å². The molecule has 0 unspecified atom stereocenters. The number of nitrogens with zero attached hydrogens (tertiary/aromatic N) is 2. The van der Waals surface area contributed by atoms with Gasteiger partial charge >= 0.3 is 0 Å². The Bertz CT molecular complexity index is 609. The van der Waals surface area contributed by atoms with E-state index in [9.17, 15) is 0 Å². The lowest BCUT2D eigenvalue weighted by atomic mass is 10.1. The van der Waals surface area contributed by atoms with Crippen LogP contribution in [-0.4, -0.2) is 37.5 Å². The molecule has 0 aliphatic carbocycles. The molecule has 3 rings (SSSR count). The van der Waals surface area contributed by atoms with Crippen LogP contribution in [0.5, 0.6) is 0 Å². The van der Waals surface area contributed by atoms with Crippen molar-refractivity contribution in [3.63, 3.8) is 0 Å². The average Bonchev–Trinajstić information content (AvgIpc) is 2.93. The predicted octanol–water partition coefficient (Wildman–Crippen LogP) is 3.28. The van der Waals surface area contributed by atoms with Gasteiger partial charge in [-0.3, -0.25) is 5.01 Å². The topological polar surface area (TPSA) is 24.8 Å². The average molecular weight is 268 g/mol. The van der Waals surface area contributed by atoms with Crippen molar-refractivity contribution >= 4 is 17.0 Å². The quantitative estimate of drug-likeness (QED) is 0.795. The van der Waals surface area contributed by atoms with Crippen molar-refractivity contribution in [2.45, 2.75) is 18.9 Å². The molecule has 0 saturated carbocycles. The van der Waals surface area contributed by atoms with Crippen molar-refractivity contribution in [1.29, 1.82) is 0 Å². The summed E-state index contributed by atoms with van der Waals surface area (Å²) in [5.41, 5.74) is 1.15. The number of ether oxygens (including phenoxy) is 1. The Morgan fingerprint density at radius 2 is 2.10 bits per heavy atom. The van der Waals surface area contributed by atoms with Crippen LogP contribution in [0.2, 0.25) is 0 Å². The molecule has 1 fully saturated rings. The first-order valence-electron chi connectivity index (χ1n) is 7.15. The Morgan fingerprint density at radius 1 is 1.25 bits per heavy atom. The molecule has 0 amide bonds. The number of hydrazone groups is 1. The first-order valence-corrected chi connectivity index (χ1v) is 7.15. The van der Waals surface area contributed by atoms with Gasteiger partial charge in [0.25, 0.3) is 0 Å². The van der Waals surface area contributed by atoms with Crippen molar-refractivity contribution in [1.82, 2.24) is 5.01 Å². The van der Waals surface area contributed by atoms with Crippen LogP contribution in [0.15, 0.2) is 47.6 Å². The third-order valence-electron chi connectivity index (χ3n) is 3.83. The molecule has 3 nitrogen and oxygen atoms in total. The maximum Gasteiger partial charge on any atom is 0.0704 e. The summed E-state index contributed by atoms with van der Waals surface area (Å²) in [6.07, 6.45) is 4.33. The number of methoxy groups -OCH3 is 1. The van der Waals surface area contributed by atoms with Gasteiger partial charge in [-0.05, 0) is 35.2 Å². The molecule has 0 N–H and O–H groups in total. The predicted molar refractivity (Wildman–Crippen MR) is 83.1 cm³/mol. The van der Waals surface area contributed by atoms with Gasteiger partial charge in [-0.15, -0.1) is 0 Å². The molecular formula is C17H20N2O. The van der Waals surface area contributed by atoms with Gasteiger partial charge in [0, 0.05) is 13.7 Å². The molecular weight excluding hydrogens is 248 g/mol. The SMILES string of the molecule is COC[C@@H]1CCCN1/N=C/c1ccc2ccccc2c1. The van der Waals surface area contributed by atoms with Gasteiger partial charge < -0.3 is 4.74 Å². The monoisotopic (exact) mass is 268 g/mol. The Labute approximate surface area is 119 Å². The van der Waals surface area contributed by atoms with E-state index in [1.807, 2.05) is 6.21 Å². The van der Waals surface area contributed by atoms with Crippen LogP contribution in [0.1, 0.15) is 18.4 Å². The van der Waals surface area contributed by atoms with E-state index >= 15 is 0 Å². The molecule has 1 aliphatic heterocycles. The largest absolute Gasteiger partial charge is 0.382 e. The van der Waals surface area contributed by atoms with Crippen LogP contribution in [0.25, 0.3) is 10.8 Å². The maximum atomic E-state index is 5.25. The normalized spacial score (nSPS) is 19.2. The van der Waals surface area contributed by atoms with Gasteiger partial charge in [-0.2, -0.15) is 5.10 Å². The van der Waals surface area contributed by atoms with E-state index in [2.05, 4.69) is 52.6 Å². The highest BCUT2D eigenvalue weighted by Crippen LogP contribution is 2.18. The molecule has 2 aromatic carbocycles. The number of hydrogen-bond donors (Lipinski definition) is 0. The van der Waals surface area contributed by atoms with Crippen molar-refractivity contribution < 1.29 is 4.74 Å². The Balaban J connectivity index is 1.76. The zero-order chi connectivity index (χ0) is 13.8. The van der Waals surface area contributed by atoms with Crippen LogP contribution in [0.4, 0.5) is 0 Å². The summed E-state index contributed by atoms with van der Waals surface area (Å²) in [7, 11) is 1.75. The van der Waals surface area contributed by atoms with E-state index in [0.29, 0.717) is 6.04 Å². The molecule has 1 heterocycles. The Hall–Kier alpha value is -1.87. The first-order chi connectivity index (χ1) is 9.86. The van der Waals surface area contributed by atoms with Gasteiger partial charge in [0.2, 0.25) is 0 Å². The third kappa shape index (κ3) is 2.83. The fourth-order valence-electron chi connectivity index (χ4n) is 2.76. The van der Waals surface area contributed by atoms with Crippen LogP contribution in [0.3, 0.4) is 0 Å². The molecule has 104 valence electrons. The summed E-state index contributed by atoms with van der Waals surface area (Å²) in [6, 6.07) is 15.3. The highest BCUT2D eigenvalue weighted by Gasteiger charge is 2.22. The molecule has 0 bridgehead atoms. The van der Waals surface area contributed by atoms with E-state index in [1.165, 1.54) is 23.6 Å². The van der Waals surface area contributed by atoms with Gasteiger partial charge in [0.05, 0.1) is 18.9 Å². The van der Waals surface area contributed by atoms with Crippen molar-refractivity contribution in [3.05, 3.63) is 48.0 Å². The molecule has 0 aromatic heterocycles.